The number of hydrogen-bond acceptors (Lipinski definition) is 8. The summed E-state index contributed by atoms with van der Waals surface area (Å²) in [5, 5.41) is 27.2. The first kappa shape index (κ1) is 22.8. The summed E-state index contributed by atoms with van der Waals surface area (Å²) in [6.07, 6.45) is 5.50. The van der Waals surface area contributed by atoms with Crippen molar-refractivity contribution in [1.29, 1.82) is 5.26 Å². The molecule has 32 heavy (non-hydrogen) atoms. The highest BCUT2D eigenvalue weighted by Gasteiger charge is 2.26. The summed E-state index contributed by atoms with van der Waals surface area (Å²) in [4.78, 5) is 14.1. The van der Waals surface area contributed by atoms with E-state index in [-0.39, 0.29) is 11.7 Å². The minimum atomic E-state index is -0.134. The summed E-state index contributed by atoms with van der Waals surface area (Å²) in [5.74, 6) is 0.738. The van der Waals surface area contributed by atoms with Gasteiger partial charge < -0.3 is 15.2 Å². The fourth-order valence-corrected chi connectivity index (χ4v) is 6.37. The Balaban J connectivity index is 1.34. The zero-order valence-corrected chi connectivity index (χ0v) is 20.6. The van der Waals surface area contributed by atoms with Gasteiger partial charge in [0, 0.05) is 23.2 Å². The van der Waals surface area contributed by atoms with Crippen LogP contribution in [0.3, 0.4) is 0 Å². The van der Waals surface area contributed by atoms with Crippen molar-refractivity contribution in [2.75, 3.05) is 22.9 Å². The van der Waals surface area contributed by atoms with Gasteiger partial charge in [0.2, 0.25) is 11.0 Å². The lowest BCUT2D eigenvalue weighted by atomic mass is 10.2. The summed E-state index contributed by atoms with van der Waals surface area (Å²) in [6.45, 7) is 4.79. The number of aromatic nitrogens is 3. The van der Waals surface area contributed by atoms with Crippen molar-refractivity contribution in [3.63, 3.8) is 0 Å². The number of nitriles is 1. The van der Waals surface area contributed by atoms with Crippen molar-refractivity contribution in [2.45, 2.75) is 56.3 Å². The molecule has 3 heterocycles. The number of thiophene rings is 1. The van der Waals surface area contributed by atoms with Crippen LogP contribution in [0.5, 0.6) is 0 Å². The first-order valence-electron chi connectivity index (χ1n) is 10.7. The second kappa shape index (κ2) is 10.5. The van der Waals surface area contributed by atoms with E-state index in [1.165, 1.54) is 40.8 Å². The standard InChI is InChI=1S/C22H26N6OS3/c1-14-15(2)28(16-6-3-4-7-16)20(18(14)12-23)25-19(29)13-31-22-27-26-21(32-22)24-10-9-17-8-5-11-30-17/h5,8,11,16H,3-4,6-7,9-10,13H2,1-2H3,(H,24,26)(H,25,29). The molecule has 168 valence electrons. The van der Waals surface area contributed by atoms with Crippen LogP contribution in [0.15, 0.2) is 21.9 Å². The third kappa shape index (κ3) is 5.17. The normalized spacial score (nSPS) is 13.9. The van der Waals surface area contributed by atoms with Crippen LogP contribution < -0.4 is 10.6 Å². The molecule has 0 aromatic carbocycles. The molecular weight excluding hydrogens is 460 g/mol. The number of rotatable bonds is 9. The van der Waals surface area contributed by atoms with Gasteiger partial charge in [0.05, 0.1) is 11.3 Å². The van der Waals surface area contributed by atoms with Gasteiger partial charge in [-0.2, -0.15) is 5.26 Å². The van der Waals surface area contributed by atoms with Crippen LogP contribution >= 0.6 is 34.4 Å². The number of carbonyl (C=O) groups excluding carboxylic acids is 1. The third-order valence-corrected chi connectivity index (χ3v) is 8.73. The van der Waals surface area contributed by atoms with E-state index < -0.39 is 0 Å². The molecule has 3 aromatic rings. The molecule has 7 nitrogen and oxygen atoms in total. The second-order valence-electron chi connectivity index (χ2n) is 7.82. The number of amides is 1. The van der Waals surface area contributed by atoms with E-state index in [9.17, 15) is 10.1 Å². The van der Waals surface area contributed by atoms with E-state index in [1.807, 2.05) is 13.8 Å². The van der Waals surface area contributed by atoms with Gasteiger partial charge in [0.25, 0.3) is 0 Å². The number of nitrogens with one attached hydrogen (secondary N) is 2. The van der Waals surface area contributed by atoms with Gasteiger partial charge in [-0.1, -0.05) is 42.0 Å². The Morgan fingerprint density at radius 1 is 1.34 bits per heavy atom. The maximum Gasteiger partial charge on any atom is 0.235 e. The Morgan fingerprint density at radius 2 is 2.16 bits per heavy atom. The lowest BCUT2D eigenvalue weighted by molar-refractivity contribution is -0.113. The van der Waals surface area contributed by atoms with Crippen molar-refractivity contribution < 1.29 is 4.79 Å². The summed E-state index contributed by atoms with van der Waals surface area (Å²) in [5.41, 5.74) is 2.59. The number of hydrogen-bond donors (Lipinski definition) is 2. The van der Waals surface area contributed by atoms with Gasteiger partial charge in [0.15, 0.2) is 4.34 Å². The van der Waals surface area contributed by atoms with Crippen LogP contribution in [-0.2, 0) is 11.2 Å². The highest BCUT2D eigenvalue weighted by atomic mass is 32.2. The first-order chi connectivity index (χ1) is 15.6. The molecule has 1 amide bonds. The van der Waals surface area contributed by atoms with Crippen molar-refractivity contribution in [1.82, 2.24) is 14.8 Å². The van der Waals surface area contributed by atoms with Crippen molar-refractivity contribution >= 4 is 51.3 Å². The van der Waals surface area contributed by atoms with Crippen molar-refractivity contribution in [2.24, 2.45) is 0 Å². The topological polar surface area (TPSA) is 95.6 Å². The molecule has 0 bridgehead atoms. The van der Waals surface area contributed by atoms with Crippen LogP contribution in [0.1, 0.15) is 53.4 Å². The summed E-state index contributed by atoms with van der Waals surface area (Å²) in [7, 11) is 0. The predicted octanol–water partition coefficient (Wildman–Crippen LogP) is 5.39. The molecule has 0 unspecified atom stereocenters. The minimum absolute atomic E-state index is 0.134. The van der Waals surface area contributed by atoms with Crippen molar-refractivity contribution in [3.05, 3.63) is 39.2 Å². The van der Waals surface area contributed by atoms with Gasteiger partial charge in [-0.05, 0) is 50.1 Å². The Hall–Kier alpha value is -2.35. The molecule has 0 atom stereocenters. The molecule has 4 rings (SSSR count). The van der Waals surface area contributed by atoms with E-state index in [0.717, 1.165) is 46.5 Å². The Kier molecular flexibility index (Phi) is 7.50. The first-order valence-corrected chi connectivity index (χ1v) is 13.4. The van der Waals surface area contributed by atoms with Crippen LogP contribution in [-0.4, -0.2) is 33.0 Å². The largest absolute Gasteiger partial charge is 0.360 e. The third-order valence-electron chi connectivity index (χ3n) is 5.78. The molecule has 0 aliphatic heterocycles. The van der Waals surface area contributed by atoms with Crippen LogP contribution in [0.25, 0.3) is 0 Å². The Bertz CT molecular complexity index is 1110. The molecule has 0 saturated heterocycles. The highest BCUT2D eigenvalue weighted by molar-refractivity contribution is 8.01. The molecule has 3 aromatic heterocycles. The SMILES string of the molecule is Cc1c(C#N)c(NC(=O)CSc2nnc(NCCc3cccs3)s2)n(C2CCCC2)c1C. The maximum absolute atomic E-state index is 12.7. The zero-order valence-electron chi connectivity index (χ0n) is 18.2. The minimum Gasteiger partial charge on any atom is -0.360 e. The van der Waals surface area contributed by atoms with E-state index in [2.05, 4.69) is 49.0 Å². The predicted molar refractivity (Wildman–Crippen MR) is 132 cm³/mol. The molecule has 1 fully saturated rings. The van der Waals surface area contributed by atoms with Crippen LogP contribution in [0.4, 0.5) is 10.9 Å². The van der Waals surface area contributed by atoms with Crippen molar-refractivity contribution in [3.8, 4) is 6.07 Å². The molecule has 10 heteroatoms. The fourth-order valence-electron chi connectivity index (χ4n) is 4.09. The average molecular weight is 487 g/mol. The lowest BCUT2D eigenvalue weighted by Gasteiger charge is -2.19. The van der Waals surface area contributed by atoms with Gasteiger partial charge >= 0.3 is 0 Å². The smallest absolute Gasteiger partial charge is 0.235 e. The molecule has 1 aliphatic carbocycles. The highest BCUT2D eigenvalue weighted by Crippen LogP contribution is 2.38. The summed E-state index contributed by atoms with van der Waals surface area (Å²) in [6, 6.07) is 6.82. The molecule has 1 aliphatic rings. The molecule has 1 saturated carbocycles. The van der Waals surface area contributed by atoms with Gasteiger partial charge in [-0.3, -0.25) is 4.79 Å². The monoisotopic (exact) mass is 486 g/mol. The fraction of sp³-hybridized carbons (Fsp3) is 0.455. The number of thioether (sulfide) groups is 1. The molecule has 0 radical (unpaired) electrons. The second-order valence-corrected chi connectivity index (χ2v) is 11.1. The number of anilines is 2. The van der Waals surface area contributed by atoms with Gasteiger partial charge in [-0.25, -0.2) is 0 Å². The summed E-state index contributed by atoms with van der Waals surface area (Å²) >= 11 is 4.56. The quantitative estimate of drug-likeness (QED) is 0.394. The van der Waals surface area contributed by atoms with Gasteiger partial charge in [-0.15, -0.1) is 21.5 Å². The molecule has 0 spiro atoms. The van der Waals surface area contributed by atoms with Crippen LogP contribution in [0, 0.1) is 25.2 Å². The molecular formula is C22H26N6OS3. The number of nitrogens with zero attached hydrogens (tertiary/aromatic N) is 4. The maximum atomic E-state index is 12.7. The van der Waals surface area contributed by atoms with E-state index in [1.54, 1.807) is 11.3 Å². The summed E-state index contributed by atoms with van der Waals surface area (Å²) < 4.78 is 2.92. The lowest BCUT2D eigenvalue weighted by Crippen LogP contribution is -2.19. The van der Waals surface area contributed by atoms with E-state index in [0.29, 0.717) is 17.4 Å². The average Bonchev–Trinajstić information content (AvgIpc) is 3.57. The number of carbonyl (C=O) groups is 1. The Morgan fingerprint density at radius 3 is 2.88 bits per heavy atom. The van der Waals surface area contributed by atoms with Gasteiger partial charge in [0.1, 0.15) is 11.9 Å². The van der Waals surface area contributed by atoms with E-state index >= 15 is 0 Å². The zero-order chi connectivity index (χ0) is 22.5. The van der Waals surface area contributed by atoms with E-state index in [4.69, 9.17) is 0 Å². The molecule has 2 N–H and O–H groups in total. The Labute approximate surface area is 200 Å². The van der Waals surface area contributed by atoms with Crippen LogP contribution in [0.2, 0.25) is 0 Å².